The minimum absolute atomic E-state index is 0.780. The highest BCUT2D eigenvalue weighted by Gasteiger charge is 2.70. The van der Waals surface area contributed by atoms with Crippen LogP contribution in [0.4, 0.5) is 0 Å². The van der Waals surface area contributed by atoms with Crippen LogP contribution in [-0.4, -0.2) is 0 Å². The molecule has 4 fully saturated rings. The first-order chi connectivity index (χ1) is 5.08. The first-order valence-electron chi connectivity index (χ1n) is 5.08. The van der Waals surface area contributed by atoms with Gasteiger partial charge in [-0.3, -0.25) is 0 Å². The fourth-order valence-corrected chi connectivity index (χ4v) is 4.91. The maximum absolute atomic E-state index is 2.55. The fraction of sp³-hybridized carbons (Fsp3) is 1.00. The summed E-state index contributed by atoms with van der Waals surface area (Å²) in [5.41, 5.74) is 2.42. The van der Waals surface area contributed by atoms with Crippen molar-refractivity contribution in [2.45, 2.75) is 52.4 Å². The Morgan fingerprint density at radius 3 is 2.27 bits per heavy atom. The third-order valence-electron chi connectivity index (χ3n) is 5.01. The second-order valence-electron chi connectivity index (χ2n) is 6.04. The van der Waals surface area contributed by atoms with Gasteiger partial charge in [0.2, 0.25) is 0 Å². The van der Waals surface area contributed by atoms with E-state index in [-0.39, 0.29) is 0 Å². The second kappa shape index (κ2) is 1.41. The van der Waals surface area contributed by atoms with Gasteiger partial charge in [-0.2, -0.15) is 0 Å². The Morgan fingerprint density at radius 2 is 1.64 bits per heavy atom. The average molecular weight is 150 g/mol. The lowest BCUT2D eigenvalue weighted by Gasteiger charge is -2.47. The maximum atomic E-state index is 2.55. The molecule has 0 aromatic heterocycles. The van der Waals surface area contributed by atoms with Gasteiger partial charge in [-0.05, 0) is 48.3 Å². The largest absolute Gasteiger partial charge is 0.0596 e. The highest BCUT2D eigenvalue weighted by Crippen LogP contribution is 2.80. The van der Waals surface area contributed by atoms with E-state index in [0.29, 0.717) is 0 Å². The van der Waals surface area contributed by atoms with E-state index in [2.05, 4.69) is 13.8 Å². The Bertz CT molecular complexity index is 206. The summed E-state index contributed by atoms with van der Waals surface area (Å²) in [4.78, 5) is 0. The molecule has 0 heterocycles. The van der Waals surface area contributed by atoms with Crippen molar-refractivity contribution in [1.82, 2.24) is 0 Å². The van der Waals surface area contributed by atoms with Gasteiger partial charge in [0, 0.05) is 0 Å². The molecule has 2 bridgehead atoms. The summed E-state index contributed by atoms with van der Waals surface area (Å²) in [7, 11) is 0. The molecule has 4 aliphatic carbocycles. The van der Waals surface area contributed by atoms with Crippen LogP contribution in [-0.2, 0) is 0 Å². The van der Waals surface area contributed by atoms with Crippen molar-refractivity contribution in [2.24, 2.45) is 16.2 Å². The predicted octanol–water partition coefficient (Wildman–Crippen LogP) is 3.37. The van der Waals surface area contributed by atoms with Crippen molar-refractivity contribution in [3.63, 3.8) is 0 Å². The van der Waals surface area contributed by atoms with Crippen LogP contribution in [0.25, 0.3) is 0 Å². The van der Waals surface area contributed by atoms with Crippen molar-refractivity contribution >= 4 is 0 Å². The number of rotatable bonds is 0. The first kappa shape index (κ1) is 6.51. The van der Waals surface area contributed by atoms with Crippen LogP contribution in [0.5, 0.6) is 0 Å². The van der Waals surface area contributed by atoms with E-state index < -0.39 is 0 Å². The van der Waals surface area contributed by atoms with E-state index in [0.717, 1.165) is 16.2 Å². The van der Waals surface area contributed by atoms with E-state index >= 15 is 0 Å². The molecule has 4 saturated carbocycles. The van der Waals surface area contributed by atoms with Gasteiger partial charge in [0.05, 0.1) is 0 Å². The van der Waals surface area contributed by atoms with Crippen LogP contribution >= 0.6 is 0 Å². The summed E-state index contributed by atoms with van der Waals surface area (Å²) < 4.78 is 0. The Labute approximate surface area is 69.4 Å². The topological polar surface area (TPSA) is 0 Å². The van der Waals surface area contributed by atoms with Crippen LogP contribution < -0.4 is 0 Å². The standard InChI is InChI=1S/C11H18/c1-9-6-10(2)4-3-5-11(10,7-9)8-9/h3-8H2,1-2H3. The third-order valence-corrected chi connectivity index (χ3v) is 5.01. The Kier molecular flexibility index (Phi) is 0.832. The molecule has 1 atom stereocenters. The van der Waals surface area contributed by atoms with Gasteiger partial charge in [-0.15, -0.1) is 0 Å². The molecule has 62 valence electrons. The fourth-order valence-electron chi connectivity index (χ4n) is 4.91. The highest BCUT2D eigenvalue weighted by molar-refractivity contribution is 5.20. The van der Waals surface area contributed by atoms with E-state index in [9.17, 15) is 0 Å². The first-order valence-corrected chi connectivity index (χ1v) is 5.08. The third kappa shape index (κ3) is 0.522. The Balaban J connectivity index is 2.05. The minimum atomic E-state index is 0.780. The molecule has 4 rings (SSSR count). The van der Waals surface area contributed by atoms with Crippen LogP contribution in [0.2, 0.25) is 0 Å². The molecule has 0 N–H and O–H groups in total. The van der Waals surface area contributed by atoms with Gasteiger partial charge in [0.25, 0.3) is 0 Å². The summed E-state index contributed by atoms with van der Waals surface area (Å²) in [6, 6.07) is 0. The molecule has 1 spiro atoms. The lowest BCUT2D eigenvalue weighted by atomic mass is 9.58. The molecule has 0 aliphatic heterocycles. The molecular formula is C11H18. The molecule has 4 aliphatic rings. The van der Waals surface area contributed by atoms with Gasteiger partial charge < -0.3 is 0 Å². The van der Waals surface area contributed by atoms with E-state index in [1.165, 1.54) is 12.8 Å². The molecule has 0 saturated heterocycles. The molecule has 0 amide bonds. The average Bonchev–Trinajstić information content (AvgIpc) is 2.19. The highest BCUT2D eigenvalue weighted by atomic mass is 14.7. The molecular weight excluding hydrogens is 132 g/mol. The minimum Gasteiger partial charge on any atom is -0.0596 e. The molecule has 11 heavy (non-hydrogen) atoms. The Morgan fingerprint density at radius 1 is 0.909 bits per heavy atom. The summed E-state index contributed by atoms with van der Waals surface area (Å²) >= 11 is 0. The SMILES string of the molecule is CC12CC3(C)CCCC3(C1)C2. The van der Waals surface area contributed by atoms with Crippen LogP contribution in [0.15, 0.2) is 0 Å². The van der Waals surface area contributed by atoms with Gasteiger partial charge in [0.1, 0.15) is 0 Å². The number of hydrogen-bond donors (Lipinski definition) is 0. The molecule has 0 nitrogen and oxygen atoms in total. The molecule has 0 aromatic rings. The molecule has 0 aromatic carbocycles. The van der Waals surface area contributed by atoms with Gasteiger partial charge in [-0.25, -0.2) is 0 Å². The lowest BCUT2D eigenvalue weighted by Crippen LogP contribution is -2.37. The zero-order chi connectivity index (χ0) is 7.74. The summed E-state index contributed by atoms with van der Waals surface area (Å²) in [5.74, 6) is 0. The normalized spacial score (nSPS) is 66.0. The monoisotopic (exact) mass is 150 g/mol. The van der Waals surface area contributed by atoms with E-state index in [4.69, 9.17) is 0 Å². The molecule has 0 heteroatoms. The van der Waals surface area contributed by atoms with Crippen molar-refractivity contribution < 1.29 is 0 Å². The maximum Gasteiger partial charge on any atom is -0.0233 e. The summed E-state index contributed by atoms with van der Waals surface area (Å²) in [5, 5.41) is 0. The molecule has 1 unspecified atom stereocenters. The van der Waals surface area contributed by atoms with Gasteiger partial charge in [0.15, 0.2) is 0 Å². The zero-order valence-electron chi connectivity index (χ0n) is 7.74. The quantitative estimate of drug-likeness (QED) is 0.496. The van der Waals surface area contributed by atoms with Crippen molar-refractivity contribution in [3.8, 4) is 0 Å². The second-order valence-corrected chi connectivity index (χ2v) is 6.04. The summed E-state index contributed by atoms with van der Waals surface area (Å²) in [6.07, 6.45) is 9.28. The zero-order valence-corrected chi connectivity index (χ0v) is 7.74. The molecule has 0 radical (unpaired) electrons. The smallest absolute Gasteiger partial charge is 0.0233 e. The van der Waals surface area contributed by atoms with Gasteiger partial charge >= 0.3 is 0 Å². The van der Waals surface area contributed by atoms with E-state index in [1.54, 1.807) is 25.7 Å². The predicted molar refractivity (Wildman–Crippen MR) is 46.3 cm³/mol. The van der Waals surface area contributed by atoms with Gasteiger partial charge in [-0.1, -0.05) is 20.3 Å². The number of hydrogen-bond acceptors (Lipinski definition) is 0. The van der Waals surface area contributed by atoms with Crippen molar-refractivity contribution in [3.05, 3.63) is 0 Å². The van der Waals surface area contributed by atoms with Crippen molar-refractivity contribution in [2.75, 3.05) is 0 Å². The van der Waals surface area contributed by atoms with Crippen LogP contribution in [0, 0.1) is 16.2 Å². The van der Waals surface area contributed by atoms with E-state index in [1.807, 2.05) is 0 Å². The van der Waals surface area contributed by atoms with Crippen LogP contribution in [0.3, 0.4) is 0 Å². The Hall–Kier alpha value is 0. The van der Waals surface area contributed by atoms with Crippen LogP contribution in [0.1, 0.15) is 52.4 Å². The van der Waals surface area contributed by atoms with Crippen molar-refractivity contribution in [1.29, 1.82) is 0 Å². The summed E-state index contributed by atoms with van der Waals surface area (Å²) in [6.45, 7) is 5.06. The lowest BCUT2D eigenvalue weighted by molar-refractivity contribution is 0.0291.